The summed E-state index contributed by atoms with van der Waals surface area (Å²) in [5.74, 6) is 0.702. The van der Waals surface area contributed by atoms with Crippen LogP contribution in [-0.4, -0.2) is 24.0 Å². The number of nitrogens with one attached hydrogen (secondary N) is 2. The molecule has 0 saturated carbocycles. The van der Waals surface area contributed by atoms with Crippen LogP contribution in [0.3, 0.4) is 0 Å². The van der Waals surface area contributed by atoms with Gasteiger partial charge in [0.05, 0.1) is 11.4 Å². The van der Waals surface area contributed by atoms with Gasteiger partial charge in [0.25, 0.3) is 11.8 Å². The Balaban J connectivity index is 1.66. The van der Waals surface area contributed by atoms with E-state index in [2.05, 4.69) is 10.6 Å². The predicted molar refractivity (Wildman–Crippen MR) is 136 cm³/mol. The number of para-hydroxylation sites is 2. The molecule has 0 spiro atoms. The lowest BCUT2D eigenvalue weighted by atomic mass is 10.1. The van der Waals surface area contributed by atoms with Gasteiger partial charge in [-0.2, -0.15) is 0 Å². The normalized spacial score (nSPS) is 12.4. The van der Waals surface area contributed by atoms with Crippen LogP contribution in [0.25, 0.3) is 0 Å². The van der Waals surface area contributed by atoms with Crippen molar-refractivity contribution in [3.63, 3.8) is 0 Å². The number of hydrogen-bond donors (Lipinski definition) is 2. The topological polar surface area (TPSA) is 76.7 Å². The number of aryl methyl sites for hydroxylation is 4. The molecule has 0 heterocycles. The highest BCUT2D eigenvalue weighted by Crippen LogP contribution is 2.25. The van der Waals surface area contributed by atoms with Gasteiger partial charge >= 0.3 is 0 Å². The average molecular weight is 461 g/mol. The molecule has 2 unspecified atom stereocenters. The minimum atomic E-state index is -0.726. The number of amides is 2. The van der Waals surface area contributed by atoms with Gasteiger partial charge < -0.3 is 20.1 Å². The maximum Gasteiger partial charge on any atom is 0.265 e. The van der Waals surface area contributed by atoms with Gasteiger partial charge in [-0.15, -0.1) is 0 Å². The average Bonchev–Trinajstić information content (AvgIpc) is 2.79. The third-order valence-corrected chi connectivity index (χ3v) is 5.48. The van der Waals surface area contributed by atoms with Gasteiger partial charge in [-0.05, 0) is 88.1 Å². The summed E-state index contributed by atoms with van der Waals surface area (Å²) in [7, 11) is 0. The molecule has 0 aliphatic heterocycles. The zero-order valence-electron chi connectivity index (χ0n) is 20.6. The molecule has 178 valence electrons. The summed E-state index contributed by atoms with van der Waals surface area (Å²) in [6, 6.07) is 18.8. The number of ether oxygens (including phenoxy) is 2. The van der Waals surface area contributed by atoms with E-state index in [1.165, 1.54) is 0 Å². The Labute approximate surface area is 201 Å². The lowest BCUT2D eigenvalue weighted by molar-refractivity contribution is -0.122. The highest BCUT2D eigenvalue weighted by Gasteiger charge is 2.20. The Kier molecular flexibility index (Phi) is 7.95. The van der Waals surface area contributed by atoms with Crippen LogP contribution < -0.4 is 20.1 Å². The third-order valence-electron chi connectivity index (χ3n) is 5.48. The van der Waals surface area contributed by atoms with Crippen molar-refractivity contribution in [1.29, 1.82) is 0 Å². The van der Waals surface area contributed by atoms with Crippen molar-refractivity contribution in [2.75, 3.05) is 10.6 Å². The molecule has 3 rings (SSSR count). The zero-order chi connectivity index (χ0) is 24.8. The molecular formula is C28H32N2O4. The second kappa shape index (κ2) is 10.9. The lowest BCUT2D eigenvalue weighted by Gasteiger charge is -2.20. The second-order valence-electron chi connectivity index (χ2n) is 8.58. The van der Waals surface area contributed by atoms with Gasteiger partial charge in [0.2, 0.25) is 0 Å². The summed E-state index contributed by atoms with van der Waals surface area (Å²) >= 11 is 0. The standard InChI is InChI=1S/C28H32N2O4/c1-17-11-13-19(3)25(15-17)33-21(5)27(31)29-23-9-7-8-10-24(23)30-28(32)22(6)34-26-16-18(2)12-14-20(26)4/h7-16,21-22H,1-6H3,(H,29,31)(H,30,32). The fourth-order valence-corrected chi connectivity index (χ4v) is 3.33. The van der Waals surface area contributed by atoms with Crippen LogP contribution in [-0.2, 0) is 9.59 Å². The smallest absolute Gasteiger partial charge is 0.265 e. The molecule has 3 aromatic carbocycles. The molecule has 0 aliphatic carbocycles. The van der Waals surface area contributed by atoms with Gasteiger partial charge in [-0.3, -0.25) is 9.59 Å². The number of carbonyl (C=O) groups is 2. The van der Waals surface area contributed by atoms with Crippen molar-refractivity contribution in [1.82, 2.24) is 0 Å². The van der Waals surface area contributed by atoms with Crippen LogP contribution in [0.2, 0.25) is 0 Å². The first-order valence-electron chi connectivity index (χ1n) is 11.3. The van der Waals surface area contributed by atoms with E-state index in [9.17, 15) is 9.59 Å². The molecule has 2 amide bonds. The number of anilines is 2. The van der Waals surface area contributed by atoms with Gasteiger partial charge in [0, 0.05) is 0 Å². The second-order valence-corrected chi connectivity index (χ2v) is 8.58. The summed E-state index contributed by atoms with van der Waals surface area (Å²) in [5, 5.41) is 5.71. The van der Waals surface area contributed by atoms with E-state index < -0.39 is 12.2 Å². The van der Waals surface area contributed by atoms with Crippen LogP contribution in [0, 0.1) is 27.7 Å². The first-order chi connectivity index (χ1) is 16.1. The summed E-state index contributed by atoms with van der Waals surface area (Å²) in [4.78, 5) is 25.6. The number of rotatable bonds is 8. The van der Waals surface area contributed by atoms with Crippen LogP contribution in [0.1, 0.15) is 36.1 Å². The zero-order valence-corrected chi connectivity index (χ0v) is 20.6. The largest absolute Gasteiger partial charge is 0.481 e. The van der Waals surface area contributed by atoms with Gasteiger partial charge in [-0.1, -0.05) is 36.4 Å². The fraction of sp³-hybridized carbons (Fsp3) is 0.286. The molecule has 0 radical (unpaired) electrons. The Morgan fingerprint density at radius 1 is 0.647 bits per heavy atom. The molecule has 0 aromatic heterocycles. The minimum Gasteiger partial charge on any atom is -0.481 e. The molecule has 0 saturated heterocycles. The minimum absolute atomic E-state index is 0.317. The summed E-state index contributed by atoms with van der Waals surface area (Å²) in [5.41, 5.74) is 4.98. The van der Waals surface area contributed by atoms with Crippen molar-refractivity contribution >= 4 is 23.2 Å². The molecule has 3 aromatic rings. The van der Waals surface area contributed by atoms with Crippen molar-refractivity contribution in [3.8, 4) is 11.5 Å². The SMILES string of the molecule is Cc1ccc(C)c(OC(C)C(=O)Nc2ccccc2NC(=O)C(C)Oc2cc(C)ccc2C)c1. The third kappa shape index (κ3) is 6.38. The van der Waals surface area contributed by atoms with Crippen LogP contribution in [0.5, 0.6) is 11.5 Å². The Morgan fingerprint density at radius 2 is 1.03 bits per heavy atom. The molecular weight excluding hydrogens is 428 g/mol. The van der Waals surface area contributed by atoms with E-state index in [-0.39, 0.29) is 11.8 Å². The van der Waals surface area contributed by atoms with Crippen molar-refractivity contribution < 1.29 is 19.1 Å². The van der Waals surface area contributed by atoms with Crippen LogP contribution >= 0.6 is 0 Å². The maximum absolute atomic E-state index is 12.8. The Hall–Kier alpha value is -3.80. The van der Waals surface area contributed by atoms with Crippen molar-refractivity contribution in [3.05, 3.63) is 82.9 Å². The molecule has 34 heavy (non-hydrogen) atoms. The van der Waals surface area contributed by atoms with Crippen LogP contribution in [0.15, 0.2) is 60.7 Å². The molecule has 6 nitrogen and oxygen atoms in total. The Morgan fingerprint density at radius 3 is 1.41 bits per heavy atom. The first kappa shape index (κ1) is 24.8. The molecule has 0 aliphatic rings. The fourth-order valence-electron chi connectivity index (χ4n) is 3.33. The quantitative estimate of drug-likeness (QED) is 0.450. The number of carbonyl (C=O) groups excluding carboxylic acids is 2. The molecule has 2 atom stereocenters. The van der Waals surface area contributed by atoms with Gasteiger partial charge in [0.1, 0.15) is 11.5 Å². The molecule has 2 N–H and O–H groups in total. The number of benzene rings is 3. The predicted octanol–water partition coefficient (Wildman–Crippen LogP) is 5.73. The highest BCUT2D eigenvalue weighted by molar-refractivity contribution is 6.02. The first-order valence-corrected chi connectivity index (χ1v) is 11.3. The van der Waals surface area contributed by atoms with E-state index in [1.807, 2.05) is 64.1 Å². The summed E-state index contributed by atoms with van der Waals surface area (Å²) in [6.07, 6.45) is -1.45. The van der Waals surface area contributed by atoms with Gasteiger partial charge in [-0.25, -0.2) is 0 Å². The lowest BCUT2D eigenvalue weighted by Crippen LogP contribution is -2.32. The van der Waals surface area contributed by atoms with E-state index >= 15 is 0 Å². The number of hydrogen-bond acceptors (Lipinski definition) is 4. The summed E-state index contributed by atoms with van der Waals surface area (Å²) < 4.78 is 11.8. The van der Waals surface area contributed by atoms with E-state index in [4.69, 9.17) is 9.47 Å². The van der Waals surface area contributed by atoms with E-state index in [0.29, 0.717) is 22.9 Å². The summed E-state index contributed by atoms with van der Waals surface area (Å²) in [6.45, 7) is 11.2. The van der Waals surface area contributed by atoms with Crippen LogP contribution in [0.4, 0.5) is 11.4 Å². The maximum atomic E-state index is 12.8. The molecule has 6 heteroatoms. The van der Waals surface area contributed by atoms with Gasteiger partial charge in [0.15, 0.2) is 12.2 Å². The highest BCUT2D eigenvalue weighted by atomic mass is 16.5. The monoisotopic (exact) mass is 460 g/mol. The Bertz CT molecular complexity index is 1100. The van der Waals surface area contributed by atoms with Crippen molar-refractivity contribution in [2.24, 2.45) is 0 Å². The van der Waals surface area contributed by atoms with Crippen molar-refractivity contribution in [2.45, 2.75) is 53.8 Å². The van der Waals surface area contributed by atoms with E-state index in [1.54, 1.807) is 38.1 Å². The van der Waals surface area contributed by atoms with E-state index in [0.717, 1.165) is 22.3 Å². The molecule has 0 fully saturated rings. The molecule has 0 bridgehead atoms.